The first-order chi connectivity index (χ1) is 9.29. The molecule has 1 aliphatic heterocycles. The maximum atomic E-state index is 4.28. The van der Waals surface area contributed by atoms with Crippen LogP contribution in [0.4, 0.5) is 0 Å². The number of imidazole rings is 1. The van der Waals surface area contributed by atoms with E-state index >= 15 is 0 Å². The smallest absolute Gasteiger partial charge is 0.105 e. The van der Waals surface area contributed by atoms with Crippen LogP contribution < -0.4 is 5.32 Å². The summed E-state index contributed by atoms with van der Waals surface area (Å²) >= 11 is 0. The number of aryl methyl sites for hydroxylation is 1. The highest BCUT2D eigenvalue weighted by Gasteiger charge is 2.19. The molecule has 1 unspecified atom stereocenters. The van der Waals surface area contributed by atoms with Gasteiger partial charge in [-0.15, -0.1) is 0 Å². The molecule has 19 heavy (non-hydrogen) atoms. The summed E-state index contributed by atoms with van der Waals surface area (Å²) in [6.45, 7) is 11.4. The minimum Gasteiger partial charge on any atom is -0.334 e. The second kappa shape index (κ2) is 7.65. The molecule has 2 heterocycles. The van der Waals surface area contributed by atoms with E-state index in [9.17, 15) is 0 Å². The highest BCUT2D eigenvalue weighted by molar-refractivity contribution is 4.88. The van der Waals surface area contributed by atoms with Crippen LogP contribution in [0.2, 0.25) is 0 Å². The average Bonchev–Trinajstić information content (AvgIpc) is 2.83. The quantitative estimate of drug-likeness (QED) is 0.764. The minimum absolute atomic E-state index is 0.837. The number of rotatable bonds is 7. The van der Waals surface area contributed by atoms with Gasteiger partial charge in [-0.2, -0.15) is 0 Å². The summed E-state index contributed by atoms with van der Waals surface area (Å²) in [7, 11) is 0. The van der Waals surface area contributed by atoms with Crippen molar-refractivity contribution in [1.82, 2.24) is 19.8 Å². The number of aromatic nitrogens is 2. The van der Waals surface area contributed by atoms with Crippen molar-refractivity contribution in [3.8, 4) is 0 Å². The van der Waals surface area contributed by atoms with Crippen molar-refractivity contribution in [2.24, 2.45) is 5.92 Å². The van der Waals surface area contributed by atoms with E-state index in [1.807, 2.05) is 6.20 Å². The van der Waals surface area contributed by atoms with Gasteiger partial charge in [0, 0.05) is 32.0 Å². The maximum absolute atomic E-state index is 4.28. The summed E-state index contributed by atoms with van der Waals surface area (Å²) < 4.78 is 2.25. The number of nitrogens with zero attached hydrogens (tertiary/aromatic N) is 3. The lowest BCUT2D eigenvalue weighted by Gasteiger charge is -2.33. The summed E-state index contributed by atoms with van der Waals surface area (Å²) in [5.41, 5.74) is 0. The van der Waals surface area contributed by atoms with Crippen LogP contribution in [-0.4, -0.2) is 47.2 Å². The first-order valence-electron chi connectivity index (χ1n) is 7.70. The van der Waals surface area contributed by atoms with Crippen molar-refractivity contribution in [3.63, 3.8) is 0 Å². The van der Waals surface area contributed by atoms with Crippen LogP contribution in [0, 0.1) is 12.8 Å². The Hall–Kier alpha value is -0.870. The van der Waals surface area contributed by atoms with Crippen LogP contribution in [0.15, 0.2) is 12.4 Å². The van der Waals surface area contributed by atoms with Crippen LogP contribution in [0.5, 0.6) is 0 Å². The molecule has 0 aromatic carbocycles. The fraction of sp³-hybridized carbons (Fsp3) is 0.800. The Morgan fingerprint density at radius 2 is 2.32 bits per heavy atom. The molecule has 4 nitrogen and oxygen atoms in total. The van der Waals surface area contributed by atoms with Gasteiger partial charge >= 0.3 is 0 Å². The Morgan fingerprint density at radius 3 is 3.05 bits per heavy atom. The van der Waals surface area contributed by atoms with E-state index in [0.717, 1.165) is 31.4 Å². The normalized spacial score (nSPS) is 20.8. The van der Waals surface area contributed by atoms with Crippen LogP contribution >= 0.6 is 0 Å². The summed E-state index contributed by atoms with van der Waals surface area (Å²) in [5, 5.41) is 3.56. The predicted molar refractivity (Wildman–Crippen MR) is 79.3 cm³/mol. The molecule has 0 saturated carbocycles. The molecular weight excluding hydrogens is 236 g/mol. The van der Waals surface area contributed by atoms with Gasteiger partial charge in [-0.05, 0) is 51.7 Å². The minimum atomic E-state index is 0.837. The van der Waals surface area contributed by atoms with E-state index in [-0.39, 0.29) is 0 Å². The lowest BCUT2D eigenvalue weighted by atomic mass is 9.98. The van der Waals surface area contributed by atoms with Crippen molar-refractivity contribution < 1.29 is 0 Å². The average molecular weight is 264 g/mol. The summed E-state index contributed by atoms with van der Waals surface area (Å²) in [5.74, 6) is 1.96. The number of hydrogen-bond donors (Lipinski definition) is 1. The lowest BCUT2D eigenvalue weighted by Crippen LogP contribution is -2.41. The van der Waals surface area contributed by atoms with Crippen molar-refractivity contribution >= 4 is 0 Å². The summed E-state index contributed by atoms with van der Waals surface area (Å²) in [4.78, 5) is 6.89. The van der Waals surface area contributed by atoms with Gasteiger partial charge in [0.25, 0.3) is 0 Å². The molecule has 2 rings (SSSR count). The Morgan fingerprint density at radius 1 is 1.42 bits per heavy atom. The van der Waals surface area contributed by atoms with Crippen molar-refractivity contribution in [2.45, 2.75) is 39.7 Å². The second-order valence-electron chi connectivity index (χ2n) is 5.68. The van der Waals surface area contributed by atoms with E-state index in [1.54, 1.807) is 0 Å². The van der Waals surface area contributed by atoms with Crippen LogP contribution in [0.3, 0.4) is 0 Å². The van der Waals surface area contributed by atoms with Gasteiger partial charge in [-0.3, -0.25) is 0 Å². The van der Waals surface area contributed by atoms with E-state index in [2.05, 4.69) is 39.8 Å². The number of likely N-dealkylation sites (tertiary alicyclic amines) is 1. The molecule has 1 saturated heterocycles. The largest absolute Gasteiger partial charge is 0.334 e. The second-order valence-corrected chi connectivity index (χ2v) is 5.68. The van der Waals surface area contributed by atoms with Gasteiger partial charge < -0.3 is 14.8 Å². The van der Waals surface area contributed by atoms with E-state index in [0.29, 0.717) is 0 Å². The van der Waals surface area contributed by atoms with Gasteiger partial charge in [-0.1, -0.05) is 6.92 Å². The zero-order valence-corrected chi connectivity index (χ0v) is 12.4. The molecule has 1 fully saturated rings. The third kappa shape index (κ3) is 4.62. The molecule has 0 amide bonds. The van der Waals surface area contributed by atoms with E-state index in [1.165, 1.54) is 38.9 Å². The Kier molecular flexibility index (Phi) is 5.86. The molecule has 0 bridgehead atoms. The molecule has 1 aliphatic rings. The molecule has 0 aliphatic carbocycles. The first-order valence-corrected chi connectivity index (χ1v) is 7.70. The van der Waals surface area contributed by atoms with Gasteiger partial charge in [0.2, 0.25) is 0 Å². The third-order valence-electron chi connectivity index (χ3n) is 4.04. The Bertz CT molecular complexity index is 361. The van der Waals surface area contributed by atoms with Crippen LogP contribution in [0.25, 0.3) is 0 Å². The van der Waals surface area contributed by atoms with Crippen LogP contribution in [0.1, 0.15) is 32.0 Å². The molecule has 0 radical (unpaired) electrons. The number of piperidine rings is 1. The summed E-state index contributed by atoms with van der Waals surface area (Å²) in [6.07, 6.45) is 7.94. The molecule has 1 N–H and O–H groups in total. The topological polar surface area (TPSA) is 33.1 Å². The standard InChI is InChI=1S/C15H28N4/c1-3-6-16-12-15-5-4-8-18(13-15)10-11-19-9-7-17-14(19)2/h7,9,15-16H,3-6,8,10-13H2,1-2H3. The highest BCUT2D eigenvalue weighted by atomic mass is 15.2. The maximum Gasteiger partial charge on any atom is 0.105 e. The molecule has 0 spiro atoms. The van der Waals surface area contributed by atoms with Gasteiger partial charge in [0.1, 0.15) is 5.82 Å². The highest BCUT2D eigenvalue weighted by Crippen LogP contribution is 2.15. The van der Waals surface area contributed by atoms with Crippen molar-refractivity contribution in [3.05, 3.63) is 18.2 Å². The molecule has 1 aromatic heterocycles. The first kappa shape index (κ1) is 14.5. The van der Waals surface area contributed by atoms with Gasteiger partial charge in [0.15, 0.2) is 0 Å². The molecular formula is C15H28N4. The van der Waals surface area contributed by atoms with E-state index < -0.39 is 0 Å². The lowest BCUT2D eigenvalue weighted by molar-refractivity contribution is 0.167. The van der Waals surface area contributed by atoms with Gasteiger partial charge in [0.05, 0.1) is 0 Å². The Labute approximate surface area is 117 Å². The zero-order valence-electron chi connectivity index (χ0n) is 12.4. The SMILES string of the molecule is CCCNCC1CCCN(CCn2ccnc2C)C1. The monoisotopic (exact) mass is 264 g/mol. The molecule has 108 valence electrons. The molecule has 1 atom stereocenters. The summed E-state index contributed by atoms with van der Waals surface area (Å²) in [6, 6.07) is 0. The van der Waals surface area contributed by atoms with Gasteiger partial charge in [-0.25, -0.2) is 4.98 Å². The third-order valence-corrected chi connectivity index (χ3v) is 4.04. The number of nitrogens with one attached hydrogen (secondary N) is 1. The van der Waals surface area contributed by atoms with E-state index in [4.69, 9.17) is 0 Å². The predicted octanol–water partition coefficient (Wildman–Crippen LogP) is 1.90. The van der Waals surface area contributed by atoms with Crippen molar-refractivity contribution in [1.29, 1.82) is 0 Å². The Balaban J connectivity index is 1.70. The zero-order chi connectivity index (χ0) is 13.5. The molecule has 1 aromatic rings. The molecule has 4 heteroatoms. The van der Waals surface area contributed by atoms with Crippen LogP contribution in [-0.2, 0) is 6.54 Å². The number of hydrogen-bond acceptors (Lipinski definition) is 3. The van der Waals surface area contributed by atoms with Crippen molar-refractivity contribution in [2.75, 3.05) is 32.7 Å². The fourth-order valence-corrected chi connectivity index (χ4v) is 2.89. The fourth-order valence-electron chi connectivity index (χ4n) is 2.89.